The second-order valence-corrected chi connectivity index (χ2v) is 9.65. The van der Waals surface area contributed by atoms with Gasteiger partial charge in [0.15, 0.2) is 12.6 Å². The molecule has 0 bridgehead atoms. The molecule has 4 aromatic rings. The highest BCUT2D eigenvalue weighted by Gasteiger charge is 2.18. The Balaban J connectivity index is 1.60. The van der Waals surface area contributed by atoms with Crippen molar-refractivity contribution in [2.45, 2.75) is 9.79 Å². The highest BCUT2D eigenvalue weighted by Crippen LogP contribution is 2.30. The van der Waals surface area contributed by atoms with Crippen LogP contribution in [0.3, 0.4) is 0 Å². The van der Waals surface area contributed by atoms with Gasteiger partial charge in [-0.25, -0.2) is 8.42 Å². The van der Waals surface area contributed by atoms with Crippen molar-refractivity contribution in [2.75, 3.05) is 14.2 Å². The molecule has 0 unspecified atom stereocenters. The number of benzene rings is 4. The van der Waals surface area contributed by atoms with Crippen LogP contribution in [-0.4, -0.2) is 35.2 Å². The molecule has 4 aromatic carbocycles. The minimum atomic E-state index is -3.74. The number of sulfone groups is 1. The van der Waals surface area contributed by atoms with Gasteiger partial charge < -0.3 is 9.47 Å². The van der Waals surface area contributed by atoms with Crippen LogP contribution < -0.4 is 9.47 Å². The molecule has 35 heavy (non-hydrogen) atoms. The quantitative estimate of drug-likeness (QED) is 0.306. The van der Waals surface area contributed by atoms with Gasteiger partial charge in [0.05, 0.1) is 35.1 Å². The second-order valence-electron chi connectivity index (χ2n) is 7.70. The van der Waals surface area contributed by atoms with Gasteiger partial charge in [0, 0.05) is 0 Å². The molecule has 176 valence electrons. The summed E-state index contributed by atoms with van der Waals surface area (Å²) in [5, 5.41) is 0. The van der Waals surface area contributed by atoms with E-state index < -0.39 is 9.84 Å². The molecule has 6 nitrogen and oxygen atoms in total. The summed E-state index contributed by atoms with van der Waals surface area (Å²) in [4.78, 5) is 22.9. The number of carbonyl (C=O) groups excluding carboxylic acids is 2. The minimum absolute atomic E-state index is 0.158. The van der Waals surface area contributed by atoms with E-state index in [2.05, 4.69) is 0 Å². The zero-order valence-electron chi connectivity index (χ0n) is 19.1. The molecule has 0 spiro atoms. The van der Waals surface area contributed by atoms with Crippen molar-refractivity contribution in [3.63, 3.8) is 0 Å². The summed E-state index contributed by atoms with van der Waals surface area (Å²) >= 11 is 0. The topological polar surface area (TPSA) is 86.7 Å². The van der Waals surface area contributed by atoms with Crippen LogP contribution in [0.1, 0.15) is 20.7 Å². The summed E-state index contributed by atoms with van der Waals surface area (Å²) in [6.07, 6.45) is 1.44. The molecule has 0 aliphatic heterocycles. The first-order chi connectivity index (χ1) is 16.9. The molecule has 0 heterocycles. The number of rotatable bonds is 8. The molecular formula is C28H22O6S. The first-order valence-electron chi connectivity index (χ1n) is 10.6. The van der Waals surface area contributed by atoms with E-state index in [1.807, 2.05) is 12.1 Å². The first-order valence-corrected chi connectivity index (χ1v) is 12.1. The van der Waals surface area contributed by atoms with E-state index in [0.717, 1.165) is 34.8 Å². The van der Waals surface area contributed by atoms with Gasteiger partial charge in [-0.3, -0.25) is 9.59 Å². The fourth-order valence-corrected chi connectivity index (χ4v) is 5.06. The Bertz CT molecular complexity index is 1380. The maximum absolute atomic E-state index is 13.2. The fraction of sp³-hybridized carbons (Fsp3) is 0.0714. The van der Waals surface area contributed by atoms with E-state index in [4.69, 9.17) is 9.47 Å². The molecule has 0 N–H and O–H groups in total. The number of methoxy groups -OCH3 is 2. The van der Waals surface area contributed by atoms with Crippen LogP contribution in [0.15, 0.2) is 94.7 Å². The van der Waals surface area contributed by atoms with Crippen molar-refractivity contribution in [3.05, 3.63) is 96.1 Å². The number of hydrogen-bond acceptors (Lipinski definition) is 6. The molecular weight excluding hydrogens is 464 g/mol. The largest absolute Gasteiger partial charge is 0.496 e. The molecule has 7 heteroatoms. The number of aldehydes is 2. The van der Waals surface area contributed by atoms with Gasteiger partial charge in [-0.2, -0.15) is 0 Å². The summed E-state index contributed by atoms with van der Waals surface area (Å²) in [5.41, 5.74) is 3.93. The molecule has 0 saturated carbocycles. The summed E-state index contributed by atoms with van der Waals surface area (Å²) in [5.74, 6) is 0.951. The monoisotopic (exact) mass is 486 g/mol. The van der Waals surface area contributed by atoms with Crippen molar-refractivity contribution < 1.29 is 27.5 Å². The molecule has 0 radical (unpaired) electrons. The Hall–Kier alpha value is -4.23. The third-order valence-electron chi connectivity index (χ3n) is 5.71. The molecule has 0 saturated heterocycles. The van der Waals surface area contributed by atoms with Crippen LogP contribution in [0.4, 0.5) is 0 Å². The van der Waals surface area contributed by atoms with Gasteiger partial charge in [-0.15, -0.1) is 0 Å². The molecule has 0 fully saturated rings. The van der Waals surface area contributed by atoms with Crippen LogP contribution >= 0.6 is 0 Å². The van der Waals surface area contributed by atoms with Crippen molar-refractivity contribution in [1.82, 2.24) is 0 Å². The minimum Gasteiger partial charge on any atom is -0.496 e. The summed E-state index contributed by atoms with van der Waals surface area (Å²) in [6, 6.07) is 23.4. The Kier molecular flexibility index (Phi) is 6.80. The Morgan fingerprint density at radius 1 is 0.543 bits per heavy atom. The highest BCUT2D eigenvalue weighted by atomic mass is 32.2. The normalized spacial score (nSPS) is 11.0. The maximum Gasteiger partial charge on any atom is 0.206 e. The smallest absolute Gasteiger partial charge is 0.206 e. The maximum atomic E-state index is 13.2. The first kappa shape index (κ1) is 23.9. The average Bonchev–Trinajstić information content (AvgIpc) is 2.92. The van der Waals surface area contributed by atoms with E-state index in [9.17, 15) is 18.0 Å². The lowest BCUT2D eigenvalue weighted by atomic mass is 10.0. The van der Waals surface area contributed by atoms with Crippen LogP contribution in [0.5, 0.6) is 11.5 Å². The Labute approximate surface area is 203 Å². The van der Waals surface area contributed by atoms with Crippen molar-refractivity contribution in [2.24, 2.45) is 0 Å². The lowest BCUT2D eigenvalue weighted by Gasteiger charge is -2.10. The Morgan fingerprint density at radius 2 is 0.886 bits per heavy atom. The van der Waals surface area contributed by atoms with Crippen molar-refractivity contribution in [3.8, 4) is 33.8 Å². The number of ether oxygens (including phenoxy) is 2. The van der Waals surface area contributed by atoms with E-state index in [0.29, 0.717) is 22.6 Å². The van der Waals surface area contributed by atoms with E-state index in [1.54, 1.807) is 72.8 Å². The van der Waals surface area contributed by atoms with E-state index in [1.165, 1.54) is 14.2 Å². The van der Waals surface area contributed by atoms with E-state index in [-0.39, 0.29) is 9.79 Å². The van der Waals surface area contributed by atoms with Gasteiger partial charge in [0.2, 0.25) is 9.84 Å². The highest BCUT2D eigenvalue weighted by molar-refractivity contribution is 7.91. The Morgan fingerprint density at radius 3 is 1.20 bits per heavy atom. The molecule has 0 amide bonds. The standard InChI is InChI=1S/C28H22O6S/c1-33-27-13-7-21(15-23(27)17-29)19-3-9-25(10-4-19)35(31,32)26-11-5-20(6-12-26)22-8-14-28(34-2)24(16-22)18-30/h3-18H,1-2H3. The molecule has 4 rings (SSSR count). The van der Waals surface area contributed by atoms with Crippen LogP contribution in [0.2, 0.25) is 0 Å². The SMILES string of the molecule is COc1ccc(-c2ccc(S(=O)(=O)c3ccc(-c4ccc(OC)c(C=O)c4)cc3)cc2)cc1C=O. The molecule has 0 aromatic heterocycles. The van der Waals surface area contributed by atoms with Gasteiger partial charge >= 0.3 is 0 Å². The fourth-order valence-electron chi connectivity index (χ4n) is 3.80. The van der Waals surface area contributed by atoms with Gasteiger partial charge in [0.25, 0.3) is 0 Å². The second kappa shape index (κ2) is 9.95. The predicted octanol–water partition coefficient (Wildman–Crippen LogP) is 5.50. The summed E-state index contributed by atoms with van der Waals surface area (Å²) in [7, 11) is -0.749. The van der Waals surface area contributed by atoms with Crippen molar-refractivity contribution >= 4 is 22.4 Å². The van der Waals surface area contributed by atoms with Gasteiger partial charge in [-0.1, -0.05) is 36.4 Å². The van der Waals surface area contributed by atoms with E-state index >= 15 is 0 Å². The third kappa shape index (κ3) is 4.72. The van der Waals surface area contributed by atoms with Crippen LogP contribution in [-0.2, 0) is 9.84 Å². The zero-order chi connectivity index (χ0) is 25.0. The third-order valence-corrected chi connectivity index (χ3v) is 7.49. The number of hydrogen-bond donors (Lipinski definition) is 0. The average molecular weight is 487 g/mol. The summed E-state index contributed by atoms with van der Waals surface area (Å²) in [6.45, 7) is 0. The predicted molar refractivity (Wildman–Crippen MR) is 133 cm³/mol. The molecule has 0 atom stereocenters. The summed E-state index contributed by atoms with van der Waals surface area (Å²) < 4.78 is 36.7. The van der Waals surface area contributed by atoms with Crippen LogP contribution in [0.25, 0.3) is 22.3 Å². The van der Waals surface area contributed by atoms with Gasteiger partial charge in [0.1, 0.15) is 11.5 Å². The van der Waals surface area contributed by atoms with Crippen molar-refractivity contribution in [1.29, 1.82) is 0 Å². The lowest BCUT2D eigenvalue weighted by Crippen LogP contribution is -2.02. The molecule has 0 aliphatic carbocycles. The zero-order valence-corrected chi connectivity index (χ0v) is 19.9. The lowest BCUT2D eigenvalue weighted by molar-refractivity contribution is 0.111. The van der Waals surface area contributed by atoms with Crippen LogP contribution in [0, 0.1) is 0 Å². The molecule has 0 aliphatic rings. The number of carbonyl (C=O) groups is 2. The van der Waals surface area contributed by atoms with Gasteiger partial charge in [-0.05, 0) is 70.8 Å².